The van der Waals surface area contributed by atoms with Gasteiger partial charge in [0.2, 0.25) is 0 Å². The fourth-order valence-corrected chi connectivity index (χ4v) is 1.48. The molecule has 4 nitrogen and oxygen atoms in total. The van der Waals surface area contributed by atoms with E-state index >= 15 is 0 Å². The fourth-order valence-electron chi connectivity index (χ4n) is 1.48. The van der Waals surface area contributed by atoms with E-state index in [1.807, 2.05) is 13.0 Å². The van der Waals surface area contributed by atoms with Crippen LogP contribution >= 0.6 is 0 Å². The van der Waals surface area contributed by atoms with Crippen molar-refractivity contribution < 1.29 is 4.92 Å². The van der Waals surface area contributed by atoms with Gasteiger partial charge in [-0.3, -0.25) is 10.1 Å². The van der Waals surface area contributed by atoms with Gasteiger partial charge in [-0.15, -0.1) is 0 Å². The van der Waals surface area contributed by atoms with Gasteiger partial charge in [0.1, 0.15) is 0 Å². The van der Waals surface area contributed by atoms with Gasteiger partial charge in [-0.1, -0.05) is 6.92 Å². The molecule has 0 aliphatic rings. The largest absolute Gasteiger partial charge is 0.358 e. The van der Waals surface area contributed by atoms with Crippen molar-refractivity contribution in [3.05, 3.63) is 40.1 Å². The molecule has 72 valence electrons. The molecule has 0 spiro atoms. The Balaban J connectivity index is 2.59. The molecule has 0 fully saturated rings. The van der Waals surface area contributed by atoms with Crippen LogP contribution in [-0.2, 0) is 6.42 Å². The Morgan fingerprint density at radius 3 is 2.86 bits per heavy atom. The average molecular weight is 190 g/mol. The van der Waals surface area contributed by atoms with E-state index < -0.39 is 0 Å². The average Bonchev–Trinajstić information content (AvgIpc) is 2.58. The Morgan fingerprint density at radius 2 is 2.21 bits per heavy atom. The maximum absolute atomic E-state index is 10.5. The topological polar surface area (TPSA) is 58.9 Å². The third kappa shape index (κ3) is 1.35. The number of non-ortho nitro benzene ring substituents is 1. The van der Waals surface area contributed by atoms with E-state index in [1.165, 1.54) is 6.07 Å². The van der Waals surface area contributed by atoms with E-state index in [0.717, 1.165) is 23.0 Å². The summed E-state index contributed by atoms with van der Waals surface area (Å²) in [5.74, 6) is 0. The predicted molar refractivity (Wildman–Crippen MR) is 54.3 cm³/mol. The van der Waals surface area contributed by atoms with Crippen LogP contribution in [0.3, 0.4) is 0 Å². The highest BCUT2D eigenvalue weighted by Crippen LogP contribution is 2.21. The molecular weight excluding hydrogens is 180 g/mol. The van der Waals surface area contributed by atoms with Crippen molar-refractivity contribution in [1.82, 2.24) is 4.98 Å². The highest BCUT2D eigenvalue weighted by Gasteiger charge is 2.07. The zero-order chi connectivity index (χ0) is 10.1. The van der Waals surface area contributed by atoms with Crippen molar-refractivity contribution in [2.75, 3.05) is 0 Å². The van der Waals surface area contributed by atoms with Gasteiger partial charge in [-0.25, -0.2) is 0 Å². The highest BCUT2D eigenvalue weighted by atomic mass is 16.6. The molecular formula is C10H10N2O2. The first-order valence-electron chi connectivity index (χ1n) is 4.46. The minimum Gasteiger partial charge on any atom is -0.358 e. The van der Waals surface area contributed by atoms with Gasteiger partial charge in [0.15, 0.2) is 0 Å². The fraction of sp³-hybridized carbons (Fsp3) is 0.200. The second-order valence-corrected chi connectivity index (χ2v) is 3.18. The number of hydrogen-bond donors (Lipinski definition) is 1. The molecule has 0 unspecified atom stereocenters. The molecule has 2 aromatic rings. The predicted octanol–water partition coefficient (Wildman–Crippen LogP) is 2.64. The van der Waals surface area contributed by atoms with Gasteiger partial charge in [0.25, 0.3) is 5.69 Å². The van der Waals surface area contributed by atoms with Crippen LogP contribution in [0.1, 0.15) is 12.6 Å². The maximum Gasteiger partial charge on any atom is 0.270 e. The Bertz CT molecular complexity index is 488. The van der Waals surface area contributed by atoms with Gasteiger partial charge in [0, 0.05) is 28.7 Å². The Labute approximate surface area is 80.7 Å². The molecule has 0 bridgehead atoms. The van der Waals surface area contributed by atoms with Gasteiger partial charge >= 0.3 is 0 Å². The quantitative estimate of drug-likeness (QED) is 0.584. The summed E-state index contributed by atoms with van der Waals surface area (Å²) in [6.07, 6.45) is 0.905. The second kappa shape index (κ2) is 3.14. The number of nitrogens with one attached hydrogen (secondary N) is 1. The minimum atomic E-state index is -0.377. The number of H-pyrrole nitrogens is 1. The molecule has 1 aromatic heterocycles. The monoisotopic (exact) mass is 190 g/mol. The lowest BCUT2D eigenvalue weighted by Crippen LogP contribution is -1.86. The second-order valence-electron chi connectivity index (χ2n) is 3.18. The van der Waals surface area contributed by atoms with Crippen LogP contribution in [0.2, 0.25) is 0 Å². The maximum atomic E-state index is 10.5. The van der Waals surface area contributed by atoms with Crippen LogP contribution in [0.5, 0.6) is 0 Å². The Kier molecular flexibility index (Phi) is 1.96. The summed E-state index contributed by atoms with van der Waals surface area (Å²) >= 11 is 0. The Hall–Kier alpha value is -1.84. The molecule has 0 amide bonds. The standard InChI is InChI=1S/C10H10N2O2/c1-2-8-5-7-6-9(12(13)14)3-4-10(7)11-8/h3-6,11H,2H2,1H3. The van der Waals surface area contributed by atoms with Crippen LogP contribution < -0.4 is 0 Å². The van der Waals surface area contributed by atoms with Crippen molar-refractivity contribution in [1.29, 1.82) is 0 Å². The van der Waals surface area contributed by atoms with Crippen molar-refractivity contribution in [2.24, 2.45) is 0 Å². The number of benzene rings is 1. The first-order chi connectivity index (χ1) is 6.70. The van der Waals surface area contributed by atoms with Gasteiger partial charge in [-0.05, 0) is 18.6 Å². The van der Waals surface area contributed by atoms with Crippen LogP contribution in [-0.4, -0.2) is 9.91 Å². The summed E-state index contributed by atoms with van der Waals surface area (Å²) in [5, 5.41) is 11.4. The number of hydrogen-bond acceptors (Lipinski definition) is 2. The number of fused-ring (bicyclic) bond motifs is 1. The molecule has 0 atom stereocenters. The number of aromatic nitrogens is 1. The molecule has 0 radical (unpaired) electrons. The molecule has 4 heteroatoms. The van der Waals surface area contributed by atoms with Crippen LogP contribution in [0.25, 0.3) is 10.9 Å². The summed E-state index contributed by atoms with van der Waals surface area (Å²) in [4.78, 5) is 13.3. The van der Waals surface area contributed by atoms with Gasteiger partial charge in [0.05, 0.1) is 4.92 Å². The van der Waals surface area contributed by atoms with Gasteiger partial charge in [-0.2, -0.15) is 0 Å². The summed E-state index contributed by atoms with van der Waals surface area (Å²) in [7, 11) is 0. The lowest BCUT2D eigenvalue weighted by Gasteiger charge is -1.90. The SMILES string of the molecule is CCc1cc2cc([N+](=O)[O-])ccc2[nH]1. The zero-order valence-corrected chi connectivity index (χ0v) is 7.78. The number of rotatable bonds is 2. The molecule has 1 aromatic carbocycles. The molecule has 0 saturated heterocycles. The van der Waals surface area contributed by atoms with Crippen molar-refractivity contribution in [3.8, 4) is 0 Å². The van der Waals surface area contributed by atoms with Gasteiger partial charge < -0.3 is 4.98 Å². The summed E-state index contributed by atoms with van der Waals surface area (Å²) < 4.78 is 0. The van der Waals surface area contributed by atoms with Crippen molar-refractivity contribution in [3.63, 3.8) is 0 Å². The third-order valence-electron chi connectivity index (χ3n) is 2.25. The first-order valence-corrected chi connectivity index (χ1v) is 4.46. The van der Waals surface area contributed by atoms with Crippen molar-refractivity contribution >= 4 is 16.6 Å². The number of nitro benzene ring substituents is 1. The summed E-state index contributed by atoms with van der Waals surface area (Å²) in [5.41, 5.74) is 2.19. The van der Waals surface area contributed by atoms with E-state index in [1.54, 1.807) is 12.1 Å². The molecule has 1 heterocycles. The molecule has 2 rings (SSSR count). The number of nitro groups is 1. The molecule has 0 aliphatic carbocycles. The van der Waals surface area contributed by atoms with E-state index in [-0.39, 0.29) is 10.6 Å². The first kappa shape index (κ1) is 8.74. The van der Waals surface area contributed by atoms with E-state index in [9.17, 15) is 10.1 Å². The van der Waals surface area contributed by atoms with Crippen LogP contribution in [0, 0.1) is 10.1 Å². The molecule has 14 heavy (non-hydrogen) atoms. The zero-order valence-electron chi connectivity index (χ0n) is 7.78. The Morgan fingerprint density at radius 1 is 1.43 bits per heavy atom. The summed E-state index contributed by atoms with van der Waals surface area (Å²) in [6, 6.07) is 6.79. The molecule has 0 aliphatic heterocycles. The van der Waals surface area contributed by atoms with E-state index in [2.05, 4.69) is 4.98 Å². The highest BCUT2D eigenvalue weighted by molar-refractivity contribution is 5.82. The normalized spacial score (nSPS) is 10.6. The third-order valence-corrected chi connectivity index (χ3v) is 2.25. The molecule has 0 saturated carbocycles. The van der Waals surface area contributed by atoms with E-state index in [4.69, 9.17) is 0 Å². The smallest absolute Gasteiger partial charge is 0.270 e. The molecule has 1 N–H and O–H groups in total. The van der Waals surface area contributed by atoms with Crippen LogP contribution in [0.15, 0.2) is 24.3 Å². The van der Waals surface area contributed by atoms with Crippen LogP contribution in [0.4, 0.5) is 5.69 Å². The number of nitrogens with zero attached hydrogens (tertiary/aromatic N) is 1. The lowest BCUT2D eigenvalue weighted by molar-refractivity contribution is -0.384. The number of aryl methyl sites for hydroxylation is 1. The number of aromatic amines is 1. The lowest BCUT2D eigenvalue weighted by atomic mass is 10.2. The van der Waals surface area contributed by atoms with Crippen molar-refractivity contribution in [2.45, 2.75) is 13.3 Å². The van der Waals surface area contributed by atoms with E-state index in [0.29, 0.717) is 0 Å². The minimum absolute atomic E-state index is 0.138. The summed E-state index contributed by atoms with van der Waals surface area (Å²) in [6.45, 7) is 2.04.